The van der Waals surface area contributed by atoms with E-state index in [9.17, 15) is 19.2 Å². The number of hydrogen-bond donors (Lipinski definition) is 3. The SMILES string of the molecule is O=C(CN1C(=O)N[C@]2(CCCc3ccccc32)C1=O)NC(=O)NC1CCCC1. The first-order chi connectivity index (χ1) is 13.5. The van der Waals surface area contributed by atoms with Crippen LogP contribution in [0.25, 0.3) is 0 Å². The van der Waals surface area contributed by atoms with Gasteiger partial charge in [-0.2, -0.15) is 0 Å². The van der Waals surface area contributed by atoms with Crippen LogP contribution >= 0.6 is 0 Å². The standard InChI is InChI=1S/C20H24N4O4/c25-16(22-18(27)21-14-8-2-3-9-14)12-24-17(26)20(23-19(24)28)11-5-7-13-6-1-4-10-15(13)20/h1,4,6,10,14H,2-3,5,7-9,11-12H2,(H,23,28)(H2,21,22,25,27)/t20-/m0/s1. The third-order valence-corrected chi connectivity index (χ3v) is 5.90. The number of nitrogens with zero attached hydrogens (tertiary/aromatic N) is 1. The number of carbonyl (C=O) groups is 4. The molecule has 8 nitrogen and oxygen atoms in total. The van der Waals surface area contributed by atoms with Crippen molar-refractivity contribution in [3.8, 4) is 0 Å². The smallest absolute Gasteiger partial charge is 0.325 e. The van der Waals surface area contributed by atoms with E-state index in [1.54, 1.807) is 0 Å². The van der Waals surface area contributed by atoms with Crippen LogP contribution in [-0.4, -0.2) is 41.4 Å². The molecule has 1 atom stereocenters. The Labute approximate surface area is 163 Å². The summed E-state index contributed by atoms with van der Waals surface area (Å²) in [4.78, 5) is 50.7. The van der Waals surface area contributed by atoms with Gasteiger partial charge in [0.1, 0.15) is 12.1 Å². The average molecular weight is 384 g/mol. The van der Waals surface area contributed by atoms with Crippen molar-refractivity contribution in [1.82, 2.24) is 20.9 Å². The van der Waals surface area contributed by atoms with Gasteiger partial charge in [-0.25, -0.2) is 9.59 Å². The topological polar surface area (TPSA) is 108 Å². The molecule has 0 bridgehead atoms. The Hall–Kier alpha value is -2.90. The lowest BCUT2D eigenvalue weighted by atomic mass is 9.76. The number of benzene rings is 1. The number of urea groups is 2. The maximum atomic E-state index is 13.1. The molecule has 3 aliphatic rings. The number of fused-ring (bicyclic) bond motifs is 2. The van der Waals surface area contributed by atoms with Crippen molar-refractivity contribution in [2.45, 2.75) is 56.5 Å². The first kappa shape index (κ1) is 18.5. The van der Waals surface area contributed by atoms with Gasteiger partial charge in [-0.3, -0.25) is 19.8 Å². The highest BCUT2D eigenvalue weighted by Crippen LogP contribution is 2.39. The number of amides is 6. The van der Waals surface area contributed by atoms with E-state index in [0.29, 0.717) is 6.42 Å². The van der Waals surface area contributed by atoms with Crippen LogP contribution in [0.5, 0.6) is 0 Å². The highest BCUT2D eigenvalue weighted by molar-refractivity contribution is 6.10. The predicted octanol–water partition coefficient (Wildman–Crippen LogP) is 1.54. The Morgan fingerprint density at radius 3 is 2.68 bits per heavy atom. The summed E-state index contributed by atoms with van der Waals surface area (Å²) >= 11 is 0. The molecule has 1 saturated heterocycles. The summed E-state index contributed by atoms with van der Waals surface area (Å²) in [5.41, 5.74) is 0.712. The largest absolute Gasteiger partial charge is 0.335 e. The zero-order valence-electron chi connectivity index (χ0n) is 15.6. The van der Waals surface area contributed by atoms with Crippen LogP contribution < -0.4 is 16.0 Å². The minimum Gasteiger partial charge on any atom is -0.335 e. The first-order valence-corrected chi connectivity index (χ1v) is 9.82. The second-order valence-corrected chi connectivity index (χ2v) is 7.74. The van der Waals surface area contributed by atoms with Gasteiger partial charge in [-0.05, 0) is 43.2 Å². The second-order valence-electron chi connectivity index (χ2n) is 7.74. The fourth-order valence-corrected chi connectivity index (χ4v) is 4.56. The lowest BCUT2D eigenvalue weighted by Crippen LogP contribution is -2.49. The average Bonchev–Trinajstić information content (AvgIpc) is 3.25. The van der Waals surface area contributed by atoms with Crippen LogP contribution in [0.4, 0.5) is 9.59 Å². The fraction of sp³-hybridized carbons (Fsp3) is 0.500. The maximum absolute atomic E-state index is 13.1. The number of imide groups is 2. The molecule has 0 radical (unpaired) electrons. The summed E-state index contributed by atoms with van der Waals surface area (Å²) in [6.45, 7) is -0.479. The summed E-state index contributed by atoms with van der Waals surface area (Å²) in [7, 11) is 0. The lowest BCUT2D eigenvalue weighted by Gasteiger charge is -2.33. The molecular weight excluding hydrogens is 360 g/mol. The van der Waals surface area contributed by atoms with E-state index in [1.807, 2.05) is 24.3 Å². The van der Waals surface area contributed by atoms with Gasteiger partial charge in [0.2, 0.25) is 5.91 Å². The van der Waals surface area contributed by atoms with Crippen LogP contribution in [0.2, 0.25) is 0 Å². The fourth-order valence-electron chi connectivity index (χ4n) is 4.56. The summed E-state index contributed by atoms with van der Waals surface area (Å²) in [5.74, 6) is -1.11. The number of rotatable bonds is 3. The van der Waals surface area contributed by atoms with Crippen LogP contribution in [0.3, 0.4) is 0 Å². The minimum atomic E-state index is -1.11. The molecule has 1 aromatic carbocycles. The molecule has 148 valence electrons. The summed E-state index contributed by atoms with van der Waals surface area (Å²) < 4.78 is 0. The molecule has 2 fully saturated rings. The van der Waals surface area contributed by atoms with E-state index < -0.39 is 36.0 Å². The molecule has 28 heavy (non-hydrogen) atoms. The van der Waals surface area contributed by atoms with Gasteiger partial charge in [-0.15, -0.1) is 0 Å². The third-order valence-electron chi connectivity index (χ3n) is 5.90. The second kappa shape index (κ2) is 7.26. The Kier molecular flexibility index (Phi) is 4.78. The van der Waals surface area contributed by atoms with Crippen molar-refractivity contribution in [2.24, 2.45) is 0 Å². The maximum Gasteiger partial charge on any atom is 0.325 e. The van der Waals surface area contributed by atoms with Crippen molar-refractivity contribution < 1.29 is 19.2 Å². The van der Waals surface area contributed by atoms with Crippen LogP contribution in [-0.2, 0) is 21.5 Å². The van der Waals surface area contributed by atoms with Gasteiger partial charge >= 0.3 is 12.1 Å². The van der Waals surface area contributed by atoms with E-state index in [0.717, 1.165) is 54.6 Å². The molecule has 1 heterocycles. The van der Waals surface area contributed by atoms with Crippen molar-refractivity contribution in [3.05, 3.63) is 35.4 Å². The van der Waals surface area contributed by atoms with Gasteiger partial charge in [0.15, 0.2) is 0 Å². The first-order valence-electron chi connectivity index (χ1n) is 9.82. The van der Waals surface area contributed by atoms with E-state index in [1.165, 1.54) is 0 Å². The number of aryl methyl sites for hydroxylation is 1. The molecule has 3 N–H and O–H groups in total. The number of hydrogen-bond acceptors (Lipinski definition) is 4. The molecule has 0 unspecified atom stereocenters. The summed E-state index contributed by atoms with van der Waals surface area (Å²) in [5, 5.41) is 7.77. The minimum absolute atomic E-state index is 0.0755. The zero-order valence-corrected chi connectivity index (χ0v) is 15.6. The van der Waals surface area contributed by atoms with Gasteiger partial charge in [0, 0.05) is 6.04 Å². The van der Waals surface area contributed by atoms with Gasteiger partial charge in [0.05, 0.1) is 0 Å². The van der Waals surface area contributed by atoms with E-state index in [-0.39, 0.29) is 6.04 Å². The molecule has 1 spiro atoms. The van der Waals surface area contributed by atoms with Crippen molar-refractivity contribution in [2.75, 3.05) is 6.54 Å². The van der Waals surface area contributed by atoms with E-state index >= 15 is 0 Å². The molecule has 0 aromatic heterocycles. The Balaban J connectivity index is 1.43. The van der Waals surface area contributed by atoms with E-state index in [2.05, 4.69) is 16.0 Å². The van der Waals surface area contributed by atoms with Crippen molar-refractivity contribution in [1.29, 1.82) is 0 Å². The number of carbonyl (C=O) groups excluding carboxylic acids is 4. The lowest BCUT2D eigenvalue weighted by molar-refractivity contribution is -0.135. The molecule has 1 aliphatic heterocycles. The normalized spacial score (nSPS) is 24.2. The van der Waals surface area contributed by atoms with Crippen LogP contribution in [0, 0.1) is 0 Å². The molecular formula is C20H24N4O4. The van der Waals surface area contributed by atoms with Crippen molar-refractivity contribution in [3.63, 3.8) is 0 Å². The Bertz CT molecular complexity index is 833. The highest BCUT2D eigenvalue weighted by atomic mass is 16.2. The molecule has 1 aromatic rings. The number of nitrogens with one attached hydrogen (secondary N) is 3. The Morgan fingerprint density at radius 2 is 1.89 bits per heavy atom. The van der Waals surface area contributed by atoms with Crippen LogP contribution in [0.1, 0.15) is 49.7 Å². The van der Waals surface area contributed by atoms with Gasteiger partial charge < -0.3 is 10.6 Å². The van der Waals surface area contributed by atoms with Crippen molar-refractivity contribution >= 4 is 23.9 Å². The van der Waals surface area contributed by atoms with Crippen LogP contribution in [0.15, 0.2) is 24.3 Å². The summed E-state index contributed by atoms with van der Waals surface area (Å²) in [6, 6.07) is 6.45. The van der Waals surface area contributed by atoms with Gasteiger partial charge in [-0.1, -0.05) is 37.1 Å². The van der Waals surface area contributed by atoms with E-state index in [4.69, 9.17) is 0 Å². The molecule has 8 heteroatoms. The monoisotopic (exact) mass is 384 g/mol. The molecule has 6 amide bonds. The summed E-state index contributed by atoms with van der Waals surface area (Å²) in [6.07, 6.45) is 6.04. The third kappa shape index (κ3) is 3.23. The predicted molar refractivity (Wildman–Crippen MR) is 100 cm³/mol. The van der Waals surface area contributed by atoms with Gasteiger partial charge in [0.25, 0.3) is 5.91 Å². The highest BCUT2D eigenvalue weighted by Gasteiger charge is 2.54. The quantitative estimate of drug-likeness (QED) is 0.687. The molecule has 4 rings (SSSR count). The zero-order chi connectivity index (χ0) is 19.7. The Morgan fingerprint density at radius 1 is 1.14 bits per heavy atom. The molecule has 2 aliphatic carbocycles. The molecule has 1 saturated carbocycles.